The number of para-hydroxylation sites is 1. The van der Waals surface area contributed by atoms with Crippen LogP contribution in [0.5, 0.6) is 0 Å². The van der Waals surface area contributed by atoms with Crippen LogP contribution in [0.1, 0.15) is 18.4 Å². The summed E-state index contributed by atoms with van der Waals surface area (Å²) < 4.78 is 5.57. The fourth-order valence-corrected chi connectivity index (χ4v) is 3.44. The standard InChI is InChI=1S/C17H19N5O3/c23-22(24)15-16(18-10-13-5-3-9-25-13)19-11-20-17(15)21-8-7-12-4-1-2-6-14(12)21/h1-2,4,6,11,13H,3,5,7-10H2,(H,18,19,20). The van der Waals surface area contributed by atoms with Crippen LogP contribution in [0.25, 0.3) is 0 Å². The summed E-state index contributed by atoms with van der Waals surface area (Å²) in [5, 5.41) is 14.8. The summed E-state index contributed by atoms with van der Waals surface area (Å²) in [5.74, 6) is 0.578. The lowest BCUT2D eigenvalue weighted by atomic mass is 10.2. The molecule has 1 atom stereocenters. The van der Waals surface area contributed by atoms with Gasteiger partial charge in [-0.1, -0.05) is 18.2 Å². The van der Waals surface area contributed by atoms with Crippen molar-refractivity contribution in [2.24, 2.45) is 0 Å². The van der Waals surface area contributed by atoms with E-state index in [2.05, 4.69) is 15.3 Å². The quantitative estimate of drug-likeness (QED) is 0.660. The monoisotopic (exact) mass is 341 g/mol. The van der Waals surface area contributed by atoms with E-state index in [-0.39, 0.29) is 17.6 Å². The lowest BCUT2D eigenvalue weighted by molar-refractivity contribution is -0.383. The highest BCUT2D eigenvalue weighted by molar-refractivity contribution is 5.78. The molecule has 1 aromatic carbocycles. The van der Waals surface area contributed by atoms with Gasteiger partial charge in [0.2, 0.25) is 11.6 Å². The van der Waals surface area contributed by atoms with Gasteiger partial charge < -0.3 is 15.0 Å². The third-order valence-electron chi connectivity index (χ3n) is 4.65. The summed E-state index contributed by atoms with van der Waals surface area (Å²) in [6.07, 6.45) is 4.27. The Balaban J connectivity index is 1.66. The minimum Gasteiger partial charge on any atom is -0.376 e. The SMILES string of the molecule is O=[N+]([O-])c1c(NCC2CCCO2)ncnc1N1CCc2ccccc21. The van der Waals surface area contributed by atoms with E-state index >= 15 is 0 Å². The van der Waals surface area contributed by atoms with E-state index in [0.29, 0.717) is 18.9 Å². The van der Waals surface area contributed by atoms with E-state index in [1.54, 1.807) is 0 Å². The maximum absolute atomic E-state index is 11.7. The second-order valence-corrected chi connectivity index (χ2v) is 6.20. The maximum atomic E-state index is 11.7. The van der Waals surface area contributed by atoms with Crippen molar-refractivity contribution in [3.05, 3.63) is 46.3 Å². The third kappa shape index (κ3) is 3.00. The molecule has 1 aromatic heterocycles. The molecule has 0 saturated carbocycles. The van der Waals surface area contributed by atoms with Crippen molar-refractivity contribution in [2.45, 2.75) is 25.4 Å². The van der Waals surface area contributed by atoms with Crippen molar-refractivity contribution in [3.63, 3.8) is 0 Å². The molecular formula is C17H19N5O3. The van der Waals surface area contributed by atoms with Gasteiger partial charge in [-0.3, -0.25) is 10.1 Å². The van der Waals surface area contributed by atoms with Gasteiger partial charge >= 0.3 is 5.69 Å². The van der Waals surface area contributed by atoms with E-state index in [1.165, 1.54) is 11.9 Å². The average molecular weight is 341 g/mol. The van der Waals surface area contributed by atoms with Crippen molar-refractivity contribution in [1.29, 1.82) is 0 Å². The number of nitrogens with one attached hydrogen (secondary N) is 1. The second kappa shape index (κ2) is 6.64. The molecule has 1 fully saturated rings. The molecule has 0 amide bonds. The molecule has 130 valence electrons. The van der Waals surface area contributed by atoms with E-state index in [0.717, 1.165) is 31.6 Å². The molecule has 3 heterocycles. The summed E-state index contributed by atoms with van der Waals surface area (Å²) in [7, 11) is 0. The molecule has 4 rings (SSSR count). The fourth-order valence-electron chi connectivity index (χ4n) is 3.44. The second-order valence-electron chi connectivity index (χ2n) is 6.20. The molecule has 2 aliphatic rings. The largest absolute Gasteiger partial charge is 0.376 e. The van der Waals surface area contributed by atoms with Crippen LogP contribution in [0.15, 0.2) is 30.6 Å². The summed E-state index contributed by atoms with van der Waals surface area (Å²) in [6.45, 7) is 1.92. The fraction of sp³-hybridized carbons (Fsp3) is 0.412. The number of ether oxygens (including phenoxy) is 1. The highest BCUT2D eigenvalue weighted by Gasteiger charge is 2.31. The van der Waals surface area contributed by atoms with Crippen molar-refractivity contribution in [1.82, 2.24) is 9.97 Å². The molecule has 0 spiro atoms. The van der Waals surface area contributed by atoms with Gasteiger partial charge in [0.1, 0.15) is 6.33 Å². The van der Waals surface area contributed by atoms with Crippen LogP contribution in [0.3, 0.4) is 0 Å². The number of anilines is 3. The maximum Gasteiger partial charge on any atom is 0.353 e. The number of aromatic nitrogens is 2. The van der Waals surface area contributed by atoms with Crippen molar-refractivity contribution in [3.8, 4) is 0 Å². The van der Waals surface area contributed by atoms with E-state index in [9.17, 15) is 10.1 Å². The normalized spacial score (nSPS) is 19.0. The predicted molar refractivity (Wildman–Crippen MR) is 93.3 cm³/mol. The van der Waals surface area contributed by atoms with Crippen LogP contribution in [-0.2, 0) is 11.2 Å². The molecule has 2 aromatic rings. The topological polar surface area (TPSA) is 93.4 Å². The first kappa shape index (κ1) is 15.8. The number of fused-ring (bicyclic) bond motifs is 1. The zero-order valence-corrected chi connectivity index (χ0v) is 13.7. The van der Waals surface area contributed by atoms with Crippen LogP contribution in [0.2, 0.25) is 0 Å². The van der Waals surface area contributed by atoms with Gasteiger partial charge in [-0.15, -0.1) is 0 Å². The van der Waals surface area contributed by atoms with Crippen LogP contribution >= 0.6 is 0 Å². The summed E-state index contributed by atoms with van der Waals surface area (Å²) in [4.78, 5) is 21.5. The van der Waals surface area contributed by atoms with Crippen molar-refractivity contribution >= 4 is 23.0 Å². The Morgan fingerprint density at radius 1 is 1.36 bits per heavy atom. The molecule has 0 radical (unpaired) electrons. The van der Waals surface area contributed by atoms with Gasteiger partial charge in [-0.05, 0) is 30.9 Å². The molecular weight excluding hydrogens is 322 g/mol. The average Bonchev–Trinajstić information content (AvgIpc) is 3.29. The highest BCUT2D eigenvalue weighted by atomic mass is 16.6. The number of nitro groups is 1. The number of hydrogen-bond donors (Lipinski definition) is 1. The summed E-state index contributed by atoms with van der Waals surface area (Å²) in [5.41, 5.74) is 2.05. The van der Waals surface area contributed by atoms with Gasteiger partial charge in [0.15, 0.2) is 0 Å². The zero-order valence-electron chi connectivity index (χ0n) is 13.7. The molecule has 8 nitrogen and oxygen atoms in total. The first-order valence-corrected chi connectivity index (χ1v) is 8.44. The Bertz CT molecular complexity index is 792. The van der Waals surface area contributed by atoms with Crippen LogP contribution < -0.4 is 10.2 Å². The highest BCUT2D eigenvalue weighted by Crippen LogP contribution is 2.40. The van der Waals surface area contributed by atoms with Crippen LogP contribution in [-0.4, -0.2) is 40.7 Å². The predicted octanol–water partition coefficient (Wildman–Crippen LogP) is 2.67. The molecule has 1 N–H and O–H groups in total. The molecule has 1 saturated heterocycles. The molecule has 25 heavy (non-hydrogen) atoms. The van der Waals surface area contributed by atoms with Gasteiger partial charge in [0.25, 0.3) is 0 Å². The molecule has 0 aliphatic carbocycles. The lowest BCUT2D eigenvalue weighted by Gasteiger charge is -2.19. The van der Waals surface area contributed by atoms with Crippen LogP contribution in [0, 0.1) is 10.1 Å². The minimum atomic E-state index is -0.409. The first-order valence-electron chi connectivity index (χ1n) is 8.44. The van der Waals surface area contributed by atoms with Gasteiger partial charge in [0, 0.05) is 25.4 Å². The van der Waals surface area contributed by atoms with Gasteiger partial charge in [-0.25, -0.2) is 9.97 Å². The molecule has 1 unspecified atom stereocenters. The minimum absolute atomic E-state index is 0.0746. The van der Waals surface area contributed by atoms with Crippen LogP contribution in [0.4, 0.5) is 23.0 Å². The molecule has 2 aliphatic heterocycles. The molecule has 8 heteroatoms. The Morgan fingerprint density at radius 2 is 2.24 bits per heavy atom. The van der Waals surface area contributed by atoms with E-state index < -0.39 is 4.92 Å². The number of hydrogen-bond acceptors (Lipinski definition) is 7. The molecule has 0 bridgehead atoms. The van der Waals surface area contributed by atoms with Crippen molar-refractivity contribution in [2.75, 3.05) is 29.9 Å². The first-order chi connectivity index (χ1) is 12.2. The Morgan fingerprint density at radius 3 is 3.04 bits per heavy atom. The van der Waals surface area contributed by atoms with Gasteiger partial charge in [0.05, 0.1) is 11.0 Å². The zero-order chi connectivity index (χ0) is 17.2. The summed E-state index contributed by atoms with van der Waals surface area (Å²) in [6, 6.07) is 7.92. The van der Waals surface area contributed by atoms with Crippen molar-refractivity contribution < 1.29 is 9.66 Å². The lowest BCUT2D eigenvalue weighted by Crippen LogP contribution is -2.21. The van der Waals surface area contributed by atoms with E-state index in [4.69, 9.17) is 4.74 Å². The number of benzene rings is 1. The number of rotatable bonds is 5. The smallest absolute Gasteiger partial charge is 0.353 e. The third-order valence-corrected chi connectivity index (χ3v) is 4.65. The van der Waals surface area contributed by atoms with Gasteiger partial charge in [-0.2, -0.15) is 0 Å². The Kier molecular flexibility index (Phi) is 4.19. The summed E-state index contributed by atoms with van der Waals surface area (Å²) >= 11 is 0. The van der Waals surface area contributed by atoms with E-state index in [1.807, 2.05) is 29.2 Å². The number of nitrogens with zero attached hydrogens (tertiary/aromatic N) is 4. The Labute approximate surface area is 145 Å². The Hall–Kier alpha value is -2.74.